The first-order valence-electron chi connectivity index (χ1n) is 12.4. The predicted octanol–water partition coefficient (Wildman–Crippen LogP) is 5.09. The average molecular weight is 481 g/mol. The molecule has 1 aliphatic rings. The Morgan fingerprint density at radius 2 is 1.43 bits per heavy atom. The van der Waals surface area contributed by atoms with Crippen molar-refractivity contribution in [1.82, 2.24) is 10.6 Å². The highest BCUT2D eigenvalue weighted by molar-refractivity contribution is 5.79. The Kier molecular flexibility index (Phi) is 9.29. The molecule has 3 rings (SSSR count). The van der Waals surface area contributed by atoms with Crippen molar-refractivity contribution in [3.05, 3.63) is 59.7 Å². The summed E-state index contributed by atoms with van der Waals surface area (Å²) >= 11 is 0. The highest BCUT2D eigenvalue weighted by Crippen LogP contribution is 2.44. The third kappa shape index (κ3) is 7.31. The Morgan fingerprint density at radius 1 is 0.857 bits per heavy atom. The van der Waals surface area contributed by atoms with Gasteiger partial charge in [-0.1, -0.05) is 61.9 Å². The topological polar surface area (TPSA) is 105 Å². The van der Waals surface area contributed by atoms with E-state index in [1.807, 2.05) is 45.0 Å². The number of carboxylic acid groups (broad SMARTS) is 1. The van der Waals surface area contributed by atoms with Crippen molar-refractivity contribution in [1.29, 1.82) is 0 Å². The molecule has 2 aromatic carbocycles. The summed E-state index contributed by atoms with van der Waals surface area (Å²) in [6.07, 6.45) is 2.22. The van der Waals surface area contributed by atoms with E-state index >= 15 is 0 Å². The molecule has 3 unspecified atom stereocenters. The molecule has 7 nitrogen and oxygen atoms in total. The van der Waals surface area contributed by atoms with Crippen LogP contribution in [0.5, 0.6) is 0 Å². The van der Waals surface area contributed by atoms with Gasteiger partial charge in [-0.2, -0.15) is 0 Å². The van der Waals surface area contributed by atoms with E-state index in [0.29, 0.717) is 12.8 Å². The fraction of sp³-hybridized carbons (Fsp3) is 0.464. The normalized spacial score (nSPS) is 14.8. The maximum absolute atomic E-state index is 12.4. The number of hydrogen-bond acceptors (Lipinski definition) is 4. The van der Waals surface area contributed by atoms with E-state index in [9.17, 15) is 14.4 Å². The van der Waals surface area contributed by atoms with Crippen LogP contribution in [0.4, 0.5) is 4.79 Å². The van der Waals surface area contributed by atoms with Crippen molar-refractivity contribution in [2.75, 3.05) is 6.61 Å². The highest BCUT2D eigenvalue weighted by atomic mass is 16.5. The minimum atomic E-state index is -0.864. The lowest BCUT2D eigenvalue weighted by atomic mass is 9.98. The zero-order valence-corrected chi connectivity index (χ0v) is 20.8. The van der Waals surface area contributed by atoms with Crippen LogP contribution in [0.25, 0.3) is 11.1 Å². The van der Waals surface area contributed by atoms with Gasteiger partial charge in [0.1, 0.15) is 6.61 Å². The first-order valence-corrected chi connectivity index (χ1v) is 12.4. The molecule has 0 fully saturated rings. The van der Waals surface area contributed by atoms with Gasteiger partial charge in [0.25, 0.3) is 0 Å². The Morgan fingerprint density at radius 3 is 2.03 bits per heavy atom. The summed E-state index contributed by atoms with van der Waals surface area (Å²) in [5.41, 5.74) is 4.75. The molecule has 3 N–H and O–H groups in total. The molecule has 35 heavy (non-hydrogen) atoms. The van der Waals surface area contributed by atoms with Crippen LogP contribution >= 0.6 is 0 Å². The van der Waals surface area contributed by atoms with Gasteiger partial charge in [-0.3, -0.25) is 9.59 Å². The molecule has 0 aromatic heterocycles. The number of ether oxygens (including phenoxy) is 1. The highest BCUT2D eigenvalue weighted by Gasteiger charge is 2.29. The molecule has 0 radical (unpaired) electrons. The summed E-state index contributed by atoms with van der Waals surface area (Å²) in [5, 5.41) is 14.5. The number of fused-ring (bicyclic) bond motifs is 3. The number of hydrogen-bond donors (Lipinski definition) is 3. The molecular weight excluding hydrogens is 444 g/mol. The molecule has 1 aliphatic carbocycles. The van der Waals surface area contributed by atoms with Crippen LogP contribution in [0.1, 0.15) is 69.9 Å². The lowest BCUT2D eigenvalue weighted by molar-refractivity contribution is -0.137. The van der Waals surface area contributed by atoms with Crippen LogP contribution in [0.15, 0.2) is 48.5 Å². The fourth-order valence-corrected chi connectivity index (χ4v) is 4.57. The number of carbonyl (C=O) groups excluding carboxylic acids is 2. The third-order valence-corrected chi connectivity index (χ3v) is 6.61. The molecule has 0 bridgehead atoms. The number of benzene rings is 2. The number of aliphatic carboxylic acids is 1. The SMILES string of the molecule is CC(CCCC(C)C(=O)NC(C)CCC(=O)O)NC(=O)OCC1c2ccccc2-c2ccccc21. The van der Waals surface area contributed by atoms with Gasteiger partial charge in [0, 0.05) is 30.3 Å². The summed E-state index contributed by atoms with van der Waals surface area (Å²) in [7, 11) is 0. The van der Waals surface area contributed by atoms with Crippen LogP contribution in [0.3, 0.4) is 0 Å². The predicted molar refractivity (Wildman–Crippen MR) is 135 cm³/mol. The van der Waals surface area contributed by atoms with E-state index in [1.54, 1.807) is 0 Å². The summed E-state index contributed by atoms with van der Waals surface area (Å²) in [5.74, 6) is -1.08. The molecule has 0 heterocycles. The maximum atomic E-state index is 12.4. The number of carboxylic acids is 1. The summed E-state index contributed by atoms with van der Waals surface area (Å²) < 4.78 is 5.60. The van der Waals surface area contributed by atoms with Gasteiger partial charge in [0.2, 0.25) is 5.91 Å². The maximum Gasteiger partial charge on any atom is 0.407 e. The van der Waals surface area contributed by atoms with Gasteiger partial charge in [-0.25, -0.2) is 4.79 Å². The Hall–Kier alpha value is -3.35. The van der Waals surface area contributed by atoms with E-state index in [2.05, 4.69) is 34.9 Å². The van der Waals surface area contributed by atoms with Gasteiger partial charge >= 0.3 is 12.1 Å². The first kappa shape index (κ1) is 26.3. The quantitative estimate of drug-likeness (QED) is 0.392. The molecular formula is C28H36N2O5. The minimum Gasteiger partial charge on any atom is -0.481 e. The summed E-state index contributed by atoms with van der Waals surface area (Å²) in [6, 6.07) is 16.2. The number of amides is 2. The van der Waals surface area contributed by atoms with Crippen molar-refractivity contribution in [3.63, 3.8) is 0 Å². The van der Waals surface area contributed by atoms with Crippen molar-refractivity contribution < 1.29 is 24.2 Å². The number of alkyl carbamates (subject to hydrolysis) is 1. The molecule has 0 saturated carbocycles. The standard InChI is InChI=1S/C28H36N2O5/c1-18(27(33)29-20(3)15-16-26(31)32)9-8-10-19(2)30-28(34)35-17-25-23-13-6-4-11-21(23)22-12-5-7-14-24(22)25/h4-7,11-14,18-20,25H,8-10,15-17H2,1-3H3,(H,29,33)(H,30,34)(H,31,32). The third-order valence-electron chi connectivity index (χ3n) is 6.61. The van der Waals surface area contributed by atoms with Crippen LogP contribution in [0.2, 0.25) is 0 Å². The van der Waals surface area contributed by atoms with Gasteiger partial charge < -0.3 is 20.5 Å². The summed E-state index contributed by atoms with van der Waals surface area (Å²) in [6.45, 7) is 5.89. The average Bonchev–Trinajstić information content (AvgIpc) is 3.15. The smallest absolute Gasteiger partial charge is 0.407 e. The second-order valence-corrected chi connectivity index (χ2v) is 9.54. The number of nitrogens with one attached hydrogen (secondary N) is 2. The van der Waals surface area contributed by atoms with E-state index in [1.165, 1.54) is 22.3 Å². The zero-order valence-electron chi connectivity index (χ0n) is 20.8. The van der Waals surface area contributed by atoms with Crippen LogP contribution in [-0.2, 0) is 14.3 Å². The van der Waals surface area contributed by atoms with Crippen LogP contribution in [-0.4, -0.2) is 41.8 Å². The second-order valence-electron chi connectivity index (χ2n) is 9.54. The lowest BCUT2D eigenvalue weighted by Gasteiger charge is -2.19. The zero-order chi connectivity index (χ0) is 25.4. The Bertz CT molecular complexity index is 992. The van der Waals surface area contributed by atoms with Crippen molar-refractivity contribution in [2.24, 2.45) is 5.92 Å². The Balaban J connectivity index is 1.38. The first-order chi connectivity index (χ1) is 16.8. The van der Waals surface area contributed by atoms with E-state index in [-0.39, 0.29) is 42.9 Å². The van der Waals surface area contributed by atoms with Crippen molar-refractivity contribution >= 4 is 18.0 Å². The monoisotopic (exact) mass is 480 g/mol. The fourth-order valence-electron chi connectivity index (χ4n) is 4.57. The molecule has 3 atom stereocenters. The van der Waals surface area contributed by atoms with E-state index in [0.717, 1.165) is 12.8 Å². The molecule has 0 aliphatic heterocycles. The largest absolute Gasteiger partial charge is 0.481 e. The molecule has 7 heteroatoms. The lowest BCUT2D eigenvalue weighted by Crippen LogP contribution is -2.37. The van der Waals surface area contributed by atoms with Gasteiger partial charge in [-0.05, 0) is 55.4 Å². The van der Waals surface area contributed by atoms with Crippen molar-refractivity contribution in [2.45, 2.75) is 70.9 Å². The summed E-state index contributed by atoms with van der Waals surface area (Å²) in [4.78, 5) is 35.4. The molecule has 2 aromatic rings. The molecule has 188 valence electrons. The van der Waals surface area contributed by atoms with Crippen molar-refractivity contribution in [3.8, 4) is 11.1 Å². The molecule has 0 saturated heterocycles. The minimum absolute atomic E-state index is 0.0284. The molecule has 2 amide bonds. The van der Waals surface area contributed by atoms with Gasteiger partial charge in [-0.15, -0.1) is 0 Å². The second kappa shape index (κ2) is 12.4. The van der Waals surface area contributed by atoms with Gasteiger partial charge in [0.15, 0.2) is 0 Å². The van der Waals surface area contributed by atoms with E-state index < -0.39 is 12.1 Å². The number of rotatable bonds is 12. The van der Waals surface area contributed by atoms with Crippen LogP contribution < -0.4 is 10.6 Å². The Labute approximate surface area is 207 Å². The van der Waals surface area contributed by atoms with Crippen LogP contribution in [0, 0.1) is 5.92 Å². The molecule has 0 spiro atoms. The van der Waals surface area contributed by atoms with Gasteiger partial charge in [0.05, 0.1) is 0 Å². The number of carbonyl (C=O) groups is 3. The van der Waals surface area contributed by atoms with E-state index in [4.69, 9.17) is 9.84 Å².